The second kappa shape index (κ2) is 14.8. The van der Waals surface area contributed by atoms with Crippen molar-refractivity contribution in [3.63, 3.8) is 0 Å². The van der Waals surface area contributed by atoms with Crippen molar-refractivity contribution >= 4 is 40.6 Å². The van der Waals surface area contributed by atoms with Gasteiger partial charge in [-0.2, -0.15) is 0 Å². The van der Waals surface area contributed by atoms with Crippen LogP contribution in [-0.2, 0) is 32.0 Å². The van der Waals surface area contributed by atoms with Crippen LogP contribution >= 0.6 is 0 Å². The number of fused-ring (bicyclic) bond motifs is 1. The zero-order chi connectivity index (χ0) is 30.8. The van der Waals surface area contributed by atoms with Gasteiger partial charge in [0.05, 0.1) is 12.4 Å². The smallest absolute Gasteiger partial charge is 0.326 e. The number of rotatable bonds is 15. The number of carboxylic acid groups (broad SMARTS) is 1. The molecule has 4 atom stereocenters. The molecule has 1 aliphatic heterocycles. The zero-order valence-electron chi connectivity index (χ0n) is 23.6. The van der Waals surface area contributed by atoms with Crippen molar-refractivity contribution < 1.29 is 24.3 Å². The van der Waals surface area contributed by atoms with E-state index in [1.807, 2.05) is 24.3 Å². The number of amides is 3. The maximum absolute atomic E-state index is 13.7. The van der Waals surface area contributed by atoms with Crippen molar-refractivity contribution in [1.82, 2.24) is 36.2 Å². The van der Waals surface area contributed by atoms with Gasteiger partial charge in [-0.05, 0) is 43.9 Å². The molecule has 1 saturated heterocycles. The summed E-state index contributed by atoms with van der Waals surface area (Å²) in [7, 11) is 0. The monoisotopic (exact) mass is 594 g/mol. The van der Waals surface area contributed by atoms with Crippen LogP contribution in [0.4, 0.5) is 0 Å². The number of aliphatic imine (C=N–C) groups is 1. The number of guanidine groups is 1. The minimum absolute atomic E-state index is 0.0350. The standard InChI is InChI=1S/C28H38N10O5/c29-28(30)33-10-4-8-21(36-24(39)20-7-3-9-32-20)25(40)37-22(11-16-13-34-19-6-2-1-5-18(16)19)26(41)38-23(27(42)43)12-17-14-31-15-35-17/h1-2,5-6,13-15,20-23,32,34H,3-4,7-12H2,(H,31,35)(H,36,39)(H,37,40)(H,38,41)(H,42,43)(H4,29,30,33). The number of nitrogens with one attached hydrogen (secondary N) is 6. The molecule has 230 valence electrons. The van der Waals surface area contributed by atoms with E-state index in [4.69, 9.17) is 11.5 Å². The number of imidazole rings is 1. The molecule has 43 heavy (non-hydrogen) atoms. The molecule has 3 amide bonds. The van der Waals surface area contributed by atoms with Gasteiger partial charge in [0, 0.05) is 48.4 Å². The molecule has 11 N–H and O–H groups in total. The Morgan fingerprint density at radius 3 is 2.49 bits per heavy atom. The summed E-state index contributed by atoms with van der Waals surface area (Å²) in [6, 6.07) is 3.66. The van der Waals surface area contributed by atoms with Crippen molar-refractivity contribution in [3.05, 3.63) is 54.2 Å². The number of aromatic nitrogens is 3. The molecule has 3 heterocycles. The second-order valence-electron chi connectivity index (χ2n) is 10.5. The molecule has 1 fully saturated rings. The first kappa shape index (κ1) is 31.0. The van der Waals surface area contributed by atoms with Crippen LogP contribution in [0.3, 0.4) is 0 Å². The molecular weight excluding hydrogens is 556 g/mol. The van der Waals surface area contributed by atoms with Crippen LogP contribution in [0.1, 0.15) is 36.9 Å². The van der Waals surface area contributed by atoms with E-state index in [9.17, 15) is 24.3 Å². The van der Waals surface area contributed by atoms with E-state index in [0.717, 1.165) is 22.9 Å². The van der Waals surface area contributed by atoms with Crippen LogP contribution in [0.25, 0.3) is 10.9 Å². The summed E-state index contributed by atoms with van der Waals surface area (Å²) in [4.78, 5) is 66.0. The number of hydrogen-bond acceptors (Lipinski definition) is 7. The molecule has 0 radical (unpaired) electrons. The Hall–Kier alpha value is -4.92. The summed E-state index contributed by atoms with van der Waals surface area (Å²) in [5.41, 5.74) is 12.9. The van der Waals surface area contributed by atoms with Gasteiger partial charge in [0.25, 0.3) is 0 Å². The number of aliphatic carboxylic acids is 1. The van der Waals surface area contributed by atoms with Crippen LogP contribution < -0.4 is 32.7 Å². The lowest BCUT2D eigenvalue weighted by Gasteiger charge is -2.25. The fraction of sp³-hybridized carbons (Fsp3) is 0.429. The Morgan fingerprint density at radius 1 is 1.02 bits per heavy atom. The Morgan fingerprint density at radius 2 is 1.79 bits per heavy atom. The highest BCUT2D eigenvalue weighted by Crippen LogP contribution is 2.19. The average Bonchev–Trinajstić information content (AvgIpc) is 3.77. The highest BCUT2D eigenvalue weighted by molar-refractivity contribution is 5.95. The molecule has 4 unspecified atom stereocenters. The lowest BCUT2D eigenvalue weighted by atomic mass is 10.0. The minimum atomic E-state index is -1.28. The third-order valence-corrected chi connectivity index (χ3v) is 7.28. The van der Waals surface area contributed by atoms with Gasteiger partial charge in [-0.3, -0.25) is 19.4 Å². The molecule has 0 bridgehead atoms. The van der Waals surface area contributed by atoms with E-state index in [1.165, 1.54) is 12.5 Å². The number of carbonyl (C=O) groups is 4. The molecule has 0 aliphatic carbocycles. The Kier molecular flexibility index (Phi) is 10.7. The molecule has 15 nitrogen and oxygen atoms in total. The minimum Gasteiger partial charge on any atom is -0.480 e. The lowest BCUT2D eigenvalue weighted by Crippen LogP contribution is -2.57. The van der Waals surface area contributed by atoms with Gasteiger partial charge < -0.3 is 47.8 Å². The van der Waals surface area contributed by atoms with Crippen LogP contribution in [0.2, 0.25) is 0 Å². The first-order valence-electron chi connectivity index (χ1n) is 14.2. The summed E-state index contributed by atoms with van der Waals surface area (Å²) in [5.74, 6) is -2.92. The number of benzene rings is 1. The predicted molar refractivity (Wildman–Crippen MR) is 159 cm³/mol. The van der Waals surface area contributed by atoms with Crippen molar-refractivity contribution in [3.8, 4) is 0 Å². The highest BCUT2D eigenvalue weighted by atomic mass is 16.4. The first-order valence-corrected chi connectivity index (χ1v) is 14.2. The van der Waals surface area contributed by atoms with E-state index in [2.05, 4.69) is 41.2 Å². The van der Waals surface area contributed by atoms with Gasteiger partial charge in [0.2, 0.25) is 17.7 Å². The van der Waals surface area contributed by atoms with Crippen LogP contribution in [0, 0.1) is 0 Å². The normalized spacial score (nSPS) is 16.6. The van der Waals surface area contributed by atoms with E-state index >= 15 is 0 Å². The maximum atomic E-state index is 13.7. The van der Waals surface area contributed by atoms with Crippen molar-refractivity contribution in [2.45, 2.75) is 62.7 Å². The topological polar surface area (TPSA) is 245 Å². The predicted octanol–water partition coefficient (Wildman–Crippen LogP) is -0.979. The fourth-order valence-electron chi connectivity index (χ4n) is 5.04. The quantitative estimate of drug-likeness (QED) is 0.0595. The van der Waals surface area contributed by atoms with Gasteiger partial charge in [-0.25, -0.2) is 9.78 Å². The molecule has 15 heteroatoms. The summed E-state index contributed by atoms with van der Waals surface area (Å²) in [6.45, 7) is 0.951. The number of carbonyl (C=O) groups excluding carboxylic acids is 3. The lowest BCUT2D eigenvalue weighted by molar-refractivity contribution is -0.142. The molecular formula is C28H38N10O5. The van der Waals surface area contributed by atoms with Gasteiger partial charge >= 0.3 is 5.97 Å². The number of hydrogen-bond donors (Lipinski definition) is 9. The number of H-pyrrole nitrogens is 2. The average molecular weight is 595 g/mol. The summed E-state index contributed by atoms with van der Waals surface area (Å²) >= 11 is 0. The van der Waals surface area contributed by atoms with Crippen molar-refractivity contribution in [2.75, 3.05) is 13.1 Å². The van der Waals surface area contributed by atoms with Crippen molar-refractivity contribution in [1.29, 1.82) is 0 Å². The molecule has 3 aromatic rings. The molecule has 0 spiro atoms. The molecule has 4 rings (SSSR count). The van der Waals surface area contributed by atoms with E-state index in [-0.39, 0.29) is 37.7 Å². The summed E-state index contributed by atoms with van der Waals surface area (Å²) in [5, 5.41) is 21.9. The number of aromatic amines is 2. The van der Waals surface area contributed by atoms with Gasteiger partial charge in [-0.15, -0.1) is 0 Å². The number of nitrogens with zero attached hydrogens (tertiary/aromatic N) is 2. The van der Waals surface area contributed by atoms with Crippen LogP contribution in [-0.4, -0.2) is 87.0 Å². The summed E-state index contributed by atoms with van der Waals surface area (Å²) < 4.78 is 0. The highest BCUT2D eigenvalue weighted by Gasteiger charge is 2.32. The maximum Gasteiger partial charge on any atom is 0.326 e. The largest absolute Gasteiger partial charge is 0.480 e. The fourth-order valence-corrected chi connectivity index (χ4v) is 5.04. The molecule has 1 aliphatic rings. The van der Waals surface area contributed by atoms with Crippen LogP contribution in [0.5, 0.6) is 0 Å². The number of para-hydroxylation sites is 1. The SMILES string of the molecule is NC(N)=NCCCC(NC(=O)C1CCCN1)C(=O)NC(Cc1c[nH]c2ccccc12)C(=O)NC(Cc1cnc[nH]1)C(=O)O. The van der Waals surface area contributed by atoms with Gasteiger partial charge in [0.1, 0.15) is 18.1 Å². The van der Waals surface area contributed by atoms with E-state index < -0.39 is 42.0 Å². The Bertz CT molecular complexity index is 1430. The Balaban J connectivity index is 1.54. The van der Waals surface area contributed by atoms with Gasteiger partial charge in [-0.1, -0.05) is 18.2 Å². The number of carboxylic acids is 1. The van der Waals surface area contributed by atoms with Crippen molar-refractivity contribution in [2.24, 2.45) is 16.5 Å². The zero-order valence-corrected chi connectivity index (χ0v) is 23.6. The molecule has 1 aromatic carbocycles. The third-order valence-electron chi connectivity index (χ3n) is 7.28. The molecule has 2 aromatic heterocycles. The van der Waals surface area contributed by atoms with E-state index in [0.29, 0.717) is 25.1 Å². The molecule has 0 saturated carbocycles. The van der Waals surface area contributed by atoms with Gasteiger partial charge in [0.15, 0.2) is 5.96 Å². The second-order valence-corrected chi connectivity index (χ2v) is 10.5. The first-order chi connectivity index (χ1) is 20.7. The number of nitrogens with two attached hydrogens (primary N) is 2. The van der Waals surface area contributed by atoms with Crippen LogP contribution in [0.15, 0.2) is 48.0 Å². The van der Waals surface area contributed by atoms with E-state index in [1.54, 1.807) is 6.20 Å². The summed E-state index contributed by atoms with van der Waals surface area (Å²) in [6.07, 6.45) is 6.75. The Labute approximate surface area is 247 Å². The third kappa shape index (κ3) is 8.78.